The Hall–Kier alpha value is -1.44. The fraction of sp³-hybridized carbons (Fsp3) is 0.462. The van der Waals surface area contributed by atoms with Crippen molar-refractivity contribution in [2.75, 3.05) is 13.2 Å². The van der Waals surface area contributed by atoms with Gasteiger partial charge >= 0.3 is 5.97 Å². The first kappa shape index (κ1) is 16.6. The minimum atomic E-state index is -3.66. The SMILES string of the molecule is Cc1ccc(S(=O)(=O)NC(C)C)cc1C(=O)OCCO. The van der Waals surface area contributed by atoms with E-state index in [1.807, 2.05) is 0 Å². The molecular formula is C13H19NO5S. The molecule has 1 aromatic carbocycles. The molecule has 0 saturated carbocycles. The predicted molar refractivity (Wildman–Crippen MR) is 74.0 cm³/mol. The third-order valence-corrected chi connectivity index (χ3v) is 4.11. The molecule has 0 aliphatic carbocycles. The lowest BCUT2D eigenvalue weighted by molar-refractivity contribution is 0.0432. The molecule has 6 nitrogen and oxygen atoms in total. The van der Waals surface area contributed by atoms with Gasteiger partial charge in [0.1, 0.15) is 6.61 Å². The number of aliphatic hydroxyl groups excluding tert-OH is 1. The van der Waals surface area contributed by atoms with E-state index in [0.29, 0.717) is 5.56 Å². The minimum Gasteiger partial charge on any atom is -0.460 e. The smallest absolute Gasteiger partial charge is 0.338 e. The Morgan fingerprint density at radius 1 is 1.40 bits per heavy atom. The fourth-order valence-corrected chi connectivity index (χ4v) is 2.86. The molecule has 0 aliphatic rings. The zero-order chi connectivity index (χ0) is 15.3. The second kappa shape index (κ2) is 6.83. The molecular weight excluding hydrogens is 282 g/mol. The first-order chi connectivity index (χ1) is 9.27. The number of nitrogens with one attached hydrogen (secondary N) is 1. The summed E-state index contributed by atoms with van der Waals surface area (Å²) in [5, 5.41) is 8.63. The van der Waals surface area contributed by atoms with Crippen molar-refractivity contribution in [3.63, 3.8) is 0 Å². The number of rotatable bonds is 6. The average molecular weight is 301 g/mol. The first-order valence-corrected chi connectivity index (χ1v) is 7.67. The van der Waals surface area contributed by atoms with Crippen LogP contribution in [0.2, 0.25) is 0 Å². The molecule has 1 rings (SSSR count). The van der Waals surface area contributed by atoms with Crippen molar-refractivity contribution in [1.82, 2.24) is 4.72 Å². The van der Waals surface area contributed by atoms with Crippen molar-refractivity contribution in [3.05, 3.63) is 29.3 Å². The number of hydrogen-bond donors (Lipinski definition) is 2. The third kappa shape index (κ3) is 4.29. The van der Waals surface area contributed by atoms with Crippen LogP contribution in [0.25, 0.3) is 0 Å². The molecule has 112 valence electrons. The van der Waals surface area contributed by atoms with E-state index in [9.17, 15) is 13.2 Å². The Morgan fingerprint density at radius 3 is 2.60 bits per heavy atom. The zero-order valence-corrected chi connectivity index (χ0v) is 12.5. The number of hydrogen-bond acceptors (Lipinski definition) is 5. The minimum absolute atomic E-state index is 0.00717. The van der Waals surface area contributed by atoms with Gasteiger partial charge in [0, 0.05) is 6.04 Å². The quantitative estimate of drug-likeness (QED) is 0.759. The van der Waals surface area contributed by atoms with Gasteiger partial charge in [0.25, 0.3) is 0 Å². The highest BCUT2D eigenvalue weighted by molar-refractivity contribution is 7.89. The Balaban J connectivity index is 3.11. The van der Waals surface area contributed by atoms with Gasteiger partial charge in [-0.1, -0.05) is 6.07 Å². The lowest BCUT2D eigenvalue weighted by Gasteiger charge is -2.12. The maximum Gasteiger partial charge on any atom is 0.338 e. The van der Waals surface area contributed by atoms with Crippen molar-refractivity contribution in [2.24, 2.45) is 0 Å². The number of esters is 1. The number of sulfonamides is 1. The van der Waals surface area contributed by atoms with Crippen LogP contribution < -0.4 is 4.72 Å². The average Bonchev–Trinajstić information content (AvgIpc) is 2.34. The molecule has 0 heterocycles. The van der Waals surface area contributed by atoms with Gasteiger partial charge in [0.2, 0.25) is 10.0 Å². The van der Waals surface area contributed by atoms with Crippen LogP contribution in [0.1, 0.15) is 29.8 Å². The summed E-state index contributed by atoms with van der Waals surface area (Å²) < 4.78 is 31.3. The number of aryl methyl sites for hydroxylation is 1. The van der Waals surface area contributed by atoms with Crippen LogP contribution in [0.5, 0.6) is 0 Å². The van der Waals surface area contributed by atoms with Gasteiger partial charge < -0.3 is 9.84 Å². The Labute approximate surface area is 118 Å². The van der Waals surface area contributed by atoms with E-state index >= 15 is 0 Å². The molecule has 0 atom stereocenters. The monoisotopic (exact) mass is 301 g/mol. The van der Waals surface area contributed by atoms with Crippen LogP contribution in [0, 0.1) is 6.92 Å². The predicted octanol–water partition coefficient (Wildman–Crippen LogP) is 0.831. The molecule has 0 amide bonds. The summed E-state index contributed by atoms with van der Waals surface area (Å²) in [6.45, 7) is 4.70. The second-order valence-corrected chi connectivity index (χ2v) is 6.33. The van der Waals surface area contributed by atoms with Crippen LogP contribution in [0.4, 0.5) is 0 Å². The van der Waals surface area contributed by atoms with E-state index in [0.717, 1.165) is 0 Å². The molecule has 0 fully saturated rings. The Morgan fingerprint density at radius 2 is 2.05 bits per heavy atom. The van der Waals surface area contributed by atoms with Gasteiger partial charge in [0.05, 0.1) is 17.1 Å². The van der Waals surface area contributed by atoms with E-state index < -0.39 is 16.0 Å². The summed E-state index contributed by atoms with van der Waals surface area (Å²) in [5.74, 6) is -0.654. The van der Waals surface area contributed by atoms with Gasteiger partial charge in [-0.3, -0.25) is 0 Å². The second-order valence-electron chi connectivity index (χ2n) is 4.61. The van der Waals surface area contributed by atoms with Gasteiger partial charge in [-0.25, -0.2) is 17.9 Å². The first-order valence-electron chi connectivity index (χ1n) is 6.19. The van der Waals surface area contributed by atoms with Crippen molar-refractivity contribution >= 4 is 16.0 Å². The molecule has 7 heteroatoms. The van der Waals surface area contributed by atoms with Gasteiger partial charge in [0.15, 0.2) is 0 Å². The summed E-state index contributed by atoms with van der Waals surface area (Å²) >= 11 is 0. The normalized spacial score (nSPS) is 11.7. The maximum absolute atomic E-state index is 12.0. The van der Waals surface area contributed by atoms with Gasteiger partial charge in [-0.2, -0.15) is 0 Å². The fourth-order valence-electron chi connectivity index (χ4n) is 1.58. The number of benzene rings is 1. The summed E-state index contributed by atoms with van der Waals surface area (Å²) in [4.78, 5) is 11.8. The standard InChI is InChI=1S/C13H19NO5S/c1-9(2)14-20(17,18)11-5-4-10(3)12(8-11)13(16)19-7-6-15/h4-5,8-9,14-15H,6-7H2,1-3H3. The molecule has 0 aliphatic heterocycles. The highest BCUT2D eigenvalue weighted by atomic mass is 32.2. The number of aliphatic hydroxyl groups is 1. The van der Waals surface area contributed by atoms with Crippen LogP contribution in [0.3, 0.4) is 0 Å². The number of carbonyl (C=O) groups is 1. The maximum atomic E-state index is 12.0. The third-order valence-electron chi connectivity index (χ3n) is 2.45. The van der Waals surface area contributed by atoms with Crippen molar-refractivity contribution in [2.45, 2.75) is 31.7 Å². The molecule has 2 N–H and O–H groups in total. The van der Waals surface area contributed by atoms with Gasteiger partial charge in [-0.15, -0.1) is 0 Å². The molecule has 0 spiro atoms. The summed E-state index contributed by atoms with van der Waals surface area (Å²) in [5.41, 5.74) is 0.779. The van der Waals surface area contributed by atoms with Crippen LogP contribution in [-0.4, -0.2) is 38.7 Å². The Kier molecular flexibility index (Phi) is 5.67. The molecule has 0 radical (unpaired) electrons. The lowest BCUT2D eigenvalue weighted by Crippen LogP contribution is -2.30. The molecule has 20 heavy (non-hydrogen) atoms. The molecule has 0 aromatic heterocycles. The summed E-state index contributed by atoms with van der Waals surface area (Å²) in [6, 6.07) is 4.01. The van der Waals surface area contributed by atoms with E-state index in [4.69, 9.17) is 9.84 Å². The Bertz CT molecular complexity index is 580. The van der Waals surface area contributed by atoms with Crippen LogP contribution in [0.15, 0.2) is 23.1 Å². The largest absolute Gasteiger partial charge is 0.460 e. The van der Waals surface area contributed by atoms with E-state index in [-0.39, 0.29) is 29.7 Å². The van der Waals surface area contributed by atoms with Crippen molar-refractivity contribution < 1.29 is 23.1 Å². The zero-order valence-electron chi connectivity index (χ0n) is 11.7. The highest BCUT2D eigenvalue weighted by Gasteiger charge is 2.19. The van der Waals surface area contributed by atoms with Gasteiger partial charge in [-0.05, 0) is 38.5 Å². The van der Waals surface area contributed by atoms with E-state index in [1.54, 1.807) is 26.8 Å². The molecule has 0 unspecified atom stereocenters. The lowest BCUT2D eigenvalue weighted by atomic mass is 10.1. The number of carbonyl (C=O) groups excluding carboxylic acids is 1. The van der Waals surface area contributed by atoms with E-state index in [2.05, 4.69) is 4.72 Å². The van der Waals surface area contributed by atoms with Crippen molar-refractivity contribution in [3.8, 4) is 0 Å². The molecule has 0 saturated heterocycles. The summed E-state index contributed by atoms with van der Waals surface area (Å²) in [7, 11) is -3.66. The summed E-state index contributed by atoms with van der Waals surface area (Å²) in [6.07, 6.45) is 0. The van der Waals surface area contributed by atoms with Crippen molar-refractivity contribution in [1.29, 1.82) is 0 Å². The molecule has 1 aromatic rings. The van der Waals surface area contributed by atoms with Crippen LogP contribution >= 0.6 is 0 Å². The van der Waals surface area contributed by atoms with Crippen LogP contribution in [-0.2, 0) is 14.8 Å². The topological polar surface area (TPSA) is 92.7 Å². The number of ether oxygens (including phenoxy) is 1. The molecule has 0 bridgehead atoms. The highest BCUT2D eigenvalue weighted by Crippen LogP contribution is 2.17. The van der Waals surface area contributed by atoms with E-state index in [1.165, 1.54) is 12.1 Å².